The molecule has 0 aromatic heterocycles. The van der Waals surface area contributed by atoms with Crippen molar-refractivity contribution in [2.75, 3.05) is 13.1 Å². The van der Waals surface area contributed by atoms with E-state index in [0.29, 0.717) is 21.7 Å². The number of amides is 1. The van der Waals surface area contributed by atoms with Crippen molar-refractivity contribution in [1.82, 2.24) is 9.62 Å². The first-order valence-electron chi connectivity index (χ1n) is 12.1. The topological polar surface area (TPSA) is 124 Å². The Morgan fingerprint density at radius 3 is 2.24 bits per heavy atom. The normalized spacial score (nSPS) is 19.2. The zero-order chi connectivity index (χ0) is 27.7. The van der Waals surface area contributed by atoms with Crippen molar-refractivity contribution in [3.05, 3.63) is 89.4 Å². The predicted octanol–water partition coefficient (Wildman–Crippen LogP) is 3.90. The lowest BCUT2D eigenvalue weighted by molar-refractivity contribution is -0.143. The second-order valence-corrected chi connectivity index (χ2v) is 12.1. The van der Waals surface area contributed by atoms with E-state index in [2.05, 4.69) is 5.32 Å². The number of nitrogens with zero attached hydrogens (tertiary/aromatic N) is 1. The molecule has 10 heteroatoms. The predicted molar refractivity (Wildman–Crippen MR) is 144 cm³/mol. The van der Waals surface area contributed by atoms with Crippen LogP contribution in [0.1, 0.15) is 31.7 Å². The summed E-state index contributed by atoms with van der Waals surface area (Å²) in [6, 6.07) is 22.0. The van der Waals surface area contributed by atoms with Crippen LogP contribution in [0.25, 0.3) is 11.1 Å². The second kappa shape index (κ2) is 10.5. The highest BCUT2D eigenvalue weighted by Crippen LogP contribution is 2.57. The molecule has 2 atom stereocenters. The molecule has 3 aromatic carbocycles. The Hall–Kier alpha value is -3.24. The molecule has 1 aliphatic carbocycles. The van der Waals surface area contributed by atoms with E-state index in [-0.39, 0.29) is 24.4 Å². The summed E-state index contributed by atoms with van der Waals surface area (Å²) in [6.07, 6.45) is 0.0775. The maximum atomic E-state index is 14.3. The molecule has 1 fully saturated rings. The molecular weight excluding hydrogens is 528 g/mol. The molecule has 0 radical (unpaired) electrons. The first-order valence-corrected chi connectivity index (χ1v) is 13.9. The second-order valence-electron chi connectivity index (χ2n) is 9.79. The molecule has 1 aliphatic rings. The van der Waals surface area contributed by atoms with Crippen LogP contribution in [-0.2, 0) is 19.6 Å². The Morgan fingerprint density at radius 1 is 1.03 bits per heavy atom. The Morgan fingerprint density at radius 2 is 1.63 bits per heavy atom. The van der Waals surface area contributed by atoms with E-state index in [1.165, 1.54) is 19.9 Å². The molecule has 3 aromatic rings. The van der Waals surface area contributed by atoms with Crippen molar-refractivity contribution in [3.63, 3.8) is 0 Å². The van der Waals surface area contributed by atoms with Crippen LogP contribution in [0.5, 0.6) is 0 Å². The number of aliphatic hydroxyl groups is 1. The highest BCUT2D eigenvalue weighted by Gasteiger charge is 2.68. The van der Waals surface area contributed by atoms with Gasteiger partial charge in [0.25, 0.3) is 5.91 Å². The molecule has 1 saturated carbocycles. The molecule has 38 heavy (non-hydrogen) atoms. The van der Waals surface area contributed by atoms with Gasteiger partial charge in [-0.25, -0.2) is 8.42 Å². The van der Waals surface area contributed by atoms with Gasteiger partial charge < -0.3 is 15.5 Å². The van der Waals surface area contributed by atoms with Gasteiger partial charge in [0.05, 0.1) is 4.90 Å². The van der Waals surface area contributed by atoms with Gasteiger partial charge in [-0.1, -0.05) is 72.3 Å². The summed E-state index contributed by atoms with van der Waals surface area (Å²) >= 11 is 6.03. The Balaban J connectivity index is 1.79. The minimum atomic E-state index is -4.40. The number of sulfonamides is 1. The Labute approximate surface area is 226 Å². The molecule has 0 saturated heterocycles. The number of aliphatic carboxylic acids is 1. The highest BCUT2D eigenvalue weighted by atomic mass is 35.5. The fraction of sp³-hybridized carbons (Fsp3) is 0.286. The van der Waals surface area contributed by atoms with Crippen molar-refractivity contribution < 1.29 is 28.2 Å². The molecule has 3 N–H and O–H groups in total. The van der Waals surface area contributed by atoms with Gasteiger partial charge in [0.2, 0.25) is 10.0 Å². The Kier molecular flexibility index (Phi) is 7.67. The Bertz CT molecular complexity index is 1440. The number of carboxylic acids is 1. The van der Waals surface area contributed by atoms with Crippen LogP contribution in [0.2, 0.25) is 5.02 Å². The molecule has 1 amide bonds. The number of hydrogen-bond acceptors (Lipinski definition) is 5. The first-order chi connectivity index (χ1) is 17.9. The lowest BCUT2D eigenvalue weighted by Crippen LogP contribution is -2.52. The van der Waals surface area contributed by atoms with Gasteiger partial charge >= 0.3 is 5.97 Å². The van der Waals surface area contributed by atoms with Crippen LogP contribution < -0.4 is 5.32 Å². The lowest BCUT2D eigenvalue weighted by Gasteiger charge is -2.31. The van der Waals surface area contributed by atoms with Crippen LogP contribution >= 0.6 is 11.6 Å². The fourth-order valence-electron chi connectivity index (χ4n) is 4.65. The minimum absolute atomic E-state index is 0.0597. The molecule has 0 spiro atoms. The number of carbonyl (C=O) groups excluding carboxylic acids is 1. The van der Waals surface area contributed by atoms with E-state index >= 15 is 0 Å². The highest BCUT2D eigenvalue weighted by molar-refractivity contribution is 7.89. The maximum Gasteiger partial charge on any atom is 0.325 e. The van der Waals surface area contributed by atoms with Crippen molar-refractivity contribution in [2.24, 2.45) is 0 Å². The number of carbonyl (C=O) groups is 2. The van der Waals surface area contributed by atoms with Crippen LogP contribution in [0.15, 0.2) is 83.8 Å². The summed E-state index contributed by atoms with van der Waals surface area (Å²) < 4.78 is 29.6. The van der Waals surface area contributed by atoms with Crippen molar-refractivity contribution >= 4 is 33.5 Å². The summed E-state index contributed by atoms with van der Waals surface area (Å²) in [5, 5.41) is 23.4. The van der Waals surface area contributed by atoms with Gasteiger partial charge in [-0.3, -0.25) is 9.59 Å². The molecule has 8 nitrogen and oxygen atoms in total. The van der Waals surface area contributed by atoms with Crippen LogP contribution in [-0.4, -0.2) is 59.0 Å². The third kappa shape index (κ3) is 5.33. The average molecular weight is 557 g/mol. The monoisotopic (exact) mass is 556 g/mol. The lowest BCUT2D eigenvalue weighted by atomic mass is 10.1. The number of carboxylic acid groups (broad SMARTS) is 1. The summed E-state index contributed by atoms with van der Waals surface area (Å²) in [4.78, 5) is 25.0. The molecule has 0 aliphatic heterocycles. The number of nitrogens with one attached hydrogen (secondary N) is 1. The fourth-order valence-corrected chi connectivity index (χ4v) is 6.77. The summed E-state index contributed by atoms with van der Waals surface area (Å²) in [7, 11) is -4.40. The summed E-state index contributed by atoms with van der Waals surface area (Å²) in [6.45, 7) is 2.12. The van der Waals surface area contributed by atoms with Crippen molar-refractivity contribution in [3.8, 4) is 11.1 Å². The zero-order valence-corrected chi connectivity index (χ0v) is 22.5. The van der Waals surface area contributed by atoms with Gasteiger partial charge in [0.15, 0.2) is 0 Å². The SMILES string of the molecule is CC(C)(O)C(=O)NCCN([C@]1(C(=O)O)C[C@H]1c1ccccc1)S(=O)(=O)c1ccccc1-c1ccc(Cl)cc1. The number of benzene rings is 3. The van der Waals surface area contributed by atoms with Crippen molar-refractivity contribution in [1.29, 1.82) is 0 Å². The van der Waals surface area contributed by atoms with Gasteiger partial charge in [-0.2, -0.15) is 4.31 Å². The standard InChI is InChI=1S/C28H29ClN2O6S/c1-27(2,35)25(32)30-16-17-31(28(26(33)34)18-23(28)20-8-4-3-5-9-20)38(36,37)24-11-7-6-10-22(24)19-12-14-21(29)15-13-19/h3-15,23,35H,16-18H2,1-2H3,(H,30,32)(H,33,34)/t23-,28+/m0/s1. The summed E-state index contributed by atoms with van der Waals surface area (Å²) in [5.74, 6) is -2.55. The quantitative estimate of drug-likeness (QED) is 0.348. The third-order valence-electron chi connectivity index (χ3n) is 6.72. The number of rotatable bonds is 10. The van der Waals surface area contributed by atoms with E-state index in [4.69, 9.17) is 11.6 Å². The van der Waals surface area contributed by atoms with E-state index in [9.17, 15) is 28.2 Å². The molecule has 0 heterocycles. The van der Waals surface area contributed by atoms with E-state index in [0.717, 1.165) is 4.31 Å². The first kappa shape index (κ1) is 27.8. The molecule has 4 rings (SSSR count). The van der Waals surface area contributed by atoms with E-state index in [1.54, 1.807) is 72.8 Å². The van der Waals surface area contributed by atoms with Crippen LogP contribution in [0.4, 0.5) is 0 Å². The van der Waals surface area contributed by atoms with Crippen LogP contribution in [0, 0.1) is 0 Å². The maximum absolute atomic E-state index is 14.3. The summed E-state index contributed by atoms with van der Waals surface area (Å²) in [5.41, 5.74) is -1.72. The minimum Gasteiger partial charge on any atom is -0.480 e. The number of hydrogen-bond donors (Lipinski definition) is 3. The molecule has 200 valence electrons. The zero-order valence-electron chi connectivity index (χ0n) is 21.0. The average Bonchev–Trinajstić information content (AvgIpc) is 3.63. The third-order valence-corrected chi connectivity index (χ3v) is 8.97. The molecule has 0 bridgehead atoms. The van der Waals surface area contributed by atoms with Gasteiger partial charge in [0.1, 0.15) is 11.1 Å². The largest absolute Gasteiger partial charge is 0.480 e. The van der Waals surface area contributed by atoms with Crippen LogP contribution in [0.3, 0.4) is 0 Å². The van der Waals surface area contributed by atoms with Gasteiger partial charge in [0, 0.05) is 29.6 Å². The molecular formula is C28H29ClN2O6S. The van der Waals surface area contributed by atoms with Gasteiger partial charge in [-0.15, -0.1) is 0 Å². The van der Waals surface area contributed by atoms with E-state index in [1.807, 2.05) is 0 Å². The van der Waals surface area contributed by atoms with Crippen molar-refractivity contribution in [2.45, 2.75) is 42.2 Å². The smallest absolute Gasteiger partial charge is 0.325 e. The molecule has 0 unspecified atom stereocenters. The number of halogens is 1. The van der Waals surface area contributed by atoms with E-state index < -0.39 is 39.0 Å². The van der Waals surface area contributed by atoms with Gasteiger partial charge in [-0.05, 0) is 49.6 Å².